The van der Waals surface area contributed by atoms with E-state index in [9.17, 15) is 4.79 Å². The van der Waals surface area contributed by atoms with Gasteiger partial charge in [0, 0.05) is 25.0 Å². The molecule has 1 aromatic carbocycles. The number of benzene rings is 1. The third-order valence-electron chi connectivity index (χ3n) is 5.42. The second-order valence-corrected chi connectivity index (χ2v) is 8.54. The van der Waals surface area contributed by atoms with Gasteiger partial charge in [-0.15, -0.1) is 10.2 Å². The molecule has 0 unspecified atom stereocenters. The average molecular weight is 401 g/mol. The lowest BCUT2D eigenvalue weighted by Gasteiger charge is -2.21. The summed E-state index contributed by atoms with van der Waals surface area (Å²) in [7, 11) is 0. The summed E-state index contributed by atoms with van der Waals surface area (Å²) in [5.74, 6) is 3.72. The Morgan fingerprint density at radius 1 is 1.21 bits per heavy atom. The van der Waals surface area contributed by atoms with Crippen molar-refractivity contribution in [1.29, 1.82) is 0 Å². The minimum Gasteiger partial charge on any atom is -0.454 e. The fraction of sp³-hybridized carbons (Fsp3) is 0.550. The monoisotopic (exact) mass is 400 g/mol. The van der Waals surface area contributed by atoms with Crippen LogP contribution in [-0.4, -0.2) is 44.7 Å². The molecule has 0 saturated heterocycles. The Labute approximate surface area is 168 Å². The highest BCUT2D eigenvalue weighted by Gasteiger charge is 2.36. The minimum absolute atomic E-state index is 0.114. The zero-order chi connectivity index (χ0) is 19.1. The second kappa shape index (κ2) is 7.31. The Morgan fingerprint density at radius 3 is 2.79 bits per heavy atom. The van der Waals surface area contributed by atoms with Crippen molar-refractivity contribution in [3.05, 3.63) is 29.6 Å². The quantitative estimate of drug-likeness (QED) is 0.633. The van der Waals surface area contributed by atoms with Gasteiger partial charge in [-0.1, -0.05) is 17.8 Å². The van der Waals surface area contributed by atoms with Crippen LogP contribution in [0.3, 0.4) is 0 Å². The molecule has 2 aromatic rings. The van der Waals surface area contributed by atoms with E-state index in [0.29, 0.717) is 30.8 Å². The highest BCUT2D eigenvalue weighted by atomic mass is 32.2. The van der Waals surface area contributed by atoms with Crippen LogP contribution in [-0.2, 0) is 11.3 Å². The molecule has 7 nitrogen and oxygen atoms in total. The number of aromatic nitrogens is 3. The van der Waals surface area contributed by atoms with Gasteiger partial charge in [0.15, 0.2) is 16.7 Å². The molecular formula is C20H24N4O3S. The lowest BCUT2D eigenvalue weighted by atomic mass is 10.2. The molecule has 3 aliphatic rings. The SMILES string of the molecule is CCN(Cc1ccc2c(c1)OCO2)C(=O)CSc1nnc(C2CC2)n1C1CC1. The number of amides is 1. The predicted molar refractivity (Wildman–Crippen MR) is 105 cm³/mol. The van der Waals surface area contributed by atoms with E-state index in [-0.39, 0.29) is 12.7 Å². The first-order chi connectivity index (χ1) is 13.7. The molecule has 0 spiro atoms. The first-order valence-electron chi connectivity index (χ1n) is 9.97. The zero-order valence-corrected chi connectivity index (χ0v) is 16.8. The maximum Gasteiger partial charge on any atom is 0.233 e. The van der Waals surface area contributed by atoms with Gasteiger partial charge >= 0.3 is 0 Å². The standard InChI is InChI=1S/C20H24N4O3S/c1-2-23(10-13-3-8-16-17(9-13)27-12-26-16)18(25)11-28-20-22-21-19(14-4-5-14)24(20)15-6-7-15/h3,8-9,14-15H,2,4-7,10-12H2,1H3. The van der Waals surface area contributed by atoms with Crippen LogP contribution >= 0.6 is 11.8 Å². The summed E-state index contributed by atoms with van der Waals surface area (Å²) in [6.07, 6.45) is 4.83. The highest BCUT2D eigenvalue weighted by molar-refractivity contribution is 7.99. The predicted octanol–water partition coefficient (Wildman–Crippen LogP) is 3.36. The summed E-state index contributed by atoms with van der Waals surface area (Å²) in [6, 6.07) is 6.39. The summed E-state index contributed by atoms with van der Waals surface area (Å²) in [5.41, 5.74) is 1.04. The van der Waals surface area contributed by atoms with E-state index < -0.39 is 0 Å². The summed E-state index contributed by atoms with van der Waals surface area (Å²) in [4.78, 5) is 14.7. The molecule has 2 fully saturated rings. The van der Waals surface area contributed by atoms with Gasteiger partial charge in [0.1, 0.15) is 5.82 Å². The molecule has 1 aliphatic heterocycles. The molecule has 0 atom stereocenters. The molecule has 148 valence electrons. The van der Waals surface area contributed by atoms with Gasteiger partial charge in [0.25, 0.3) is 0 Å². The molecule has 5 rings (SSSR count). The van der Waals surface area contributed by atoms with Crippen LogP contribution in [0, 0.1) is 0 Å². The van der Waals surface area contributed by atoms with E-state index >= 15 is 0 Å². The van der Waals surface area contributed by atoms with Crippen LogP contribution in [0.4, 0.5) is 0 Å². The maximum atomic E-state index is 12.8. The molecule has 0 N–H and O–H groups in total. The van der Waals surface area contributed by atoms with Gasteiger partial charge in [-0.2, -0.15) is 0 Å². The van der Waals surface area contributed by atoms with Crippen LogP contribution in [0.25, 0.3) is 0 Å². The number of carbonyl (C=O) groups is 1. The molecule has 2 heterocycles. The molecule has 2 saturated carbocycles. The number of nitrogens with zero attached hydrogens (tertiary/aromatic N) is 4. The van der Waals surface area contributed by atoms with Crippen LogP contribution in [0.1, 0.15) is 56.0 Å². The summed E-state index contributed by atoms with van der Waals surface area (Å²) in [5, 5.41) is 9.72. The normalized spacial score (nSPS) is 17.8. The van der Waals surface area contributed by atoms with Gasteiger partial charge in [-0.05, 0) is 50.3 Å². The summed E-state index contributed by atoms with van der Waals surface area (Å²) >= 11 is 1.52. The number of fused-ring (bicyclic) bond motifs is 1. The minimum atomic E-state index is 0.114. The zero-order valence-electron chi connectivity index (χ0n) is 16.0. The first-order valence-corrected chi connectivity index (χ1v) is 11.0. The van der Waals surface area contributed by atoms with Crippen molar-refractivity contribution in [3.8, 4) is 11.5 Å². The van der Waals surface area contributed by atoms with Gasteiger partial charge in [-0.25, -0.2) is 0 Å². The third-order valence-corrected chi connectivity index (χ3v) is 6.34. The van der Waals surface area contributed by atoms with Crippen LogP contribution < -0.4 is 9.47 Å². The van der Waals surface area contributed by atoms with E-state index in [0.717, 1.165) is 28.0 Å². The Morgan fingerprint density at radius 2 is 2.04 bits per heavy atom. The lowest BCUT2D eigenvalue weighted by molar-refractivity contribution is -0.128. The molecule has 0 radical (unpaired) electrons. The third kappa shape index (κ3) is 3.57. The molecule has 0 bridgehead atoms. The number of hydrogen-bond acceptors (Lipinski definition) is 6. The second-order valence-electron chi connectivity index (χ2n) is 7.60. The molecule has 2 aliphatic carbocycles. The number of ether oxygens (including phenoxy) is 2. The van der Waals surface area contributed by atoms with Crippen molar-refractivity contribution >= 4 is 17.7 Å². The van der Waals surface area contributed by atoms with Crippen LogP contribution in [0.5, 0.6) is 11.5 Å². The Kier molecular flexibility index (Phi) is 4.66. The molecule has 28 heavy (non-hydrogen) atoms. The van der Waals surface area contributed by atoms with Crippen molar-refractivity contribution < 1.29 is 14.3 Å². The molecule has 1 amide bonds. The maximum absolute atomic E-state index is 12.8. The van der Waals surface area contributed by atoms with Crippen molar-refractivity contribution in [2.24, 2.45) is 0 Å². The van der Waals surface area contributed by atoms with Crippen molar-refractivity contribution in [1.82, 2.24) is 19.7 Å². The number of rotatable bonds is 8. The van der Waals surface area contributed by atoms with Gasteiger partial charge in [-0.3, -0.25) is 4.79 Å². The first kappa shape index (κ1) is 17.8. The van der Waals surface area contributed by atoms with E-state index in [1.807, 2.05) is 30.0 Å². The topological polar surface area (TPSA) is 69.5 Å². The molecule has 8 heteroatoms. The van der Waals surface area contributed by atoms with Crippen molar-refractivity contribution in [3.63, 3.8) is 0 Å². The van der Waals surface area contributed by atoms with E-state index in [1.54, 1.807) is 0 Å². The molecular weight excluding hydrogens is 376 g/mol. The summed E-state index contributed by atoms with van der Waals surface area (Å²) in [6.45, 7) is 3.50. The fourth-order valence-corrected chi connectivity index (χ4v) is 4.45. The Balaban J connectivity index is 1.23. The number of carbonyl (C=O) groups excluding carboxylic acids is 1. The Bertz CT molecular complexity index is 892. The number of hydrogen-bond donors (Lipinski definition) is 0. The fourth-order valence-electron chi connectivity index (χ4n) is 3.54. The van der Waals surface area contributed by atoms with Gasteiger partial charge in [0.05, 0.1) is 5.75 Å². The van der Waals surface area contributed by atoms with Crippen molar-refractivity contribution in [2.45, 2.75) is 56.3 Å². The van der Waals surface area contributed by atoms with E-state index in [1.165, 1.54) is 37.4 Å². The lowest BCUT2D eigenvalue weighted by Crippen LogP contribution is -2.31. The number of thioether (sulfide) groups is 1. The summed E-state index contributed by atoms with van der Waals surface area (Å²) < 4.78 is 13.1. The van der Waals surface area contributed by atoms with E-state index in [4.69, 9.17) is 9.47 Å². The smallest absolute Gasteiger partial charge is 0.233 e. The highest BCUT2D eigenvalue weighted by Crippen LogP contribution is 2.46. The Hall–Kier alpha value is -2.22. The van der Waals surface area contributed by atoms with Crippen LogP contribution in [0.2, 0.25) is 0 Å². The average Bonchev–Trinajstić information content (AvgIpc) is 3.64. The van der Waals surface area contributed by atoms with E-state index in [2.05, 4.69) is 14.8 Å². The van der Waals surface area contributed by atoms with Gasteiger partial charge < -0.3 is 18.9 Å². The molecule has 1 aromatic heterocycles. The van der Waals surface area contributed by atoms with Crippen molar-refractivity contribution in [2.75, 3.05) is 19.1 Å². The largest absolute Gasteiger partial charge is 0.454 e. The van der Waals surface area contributed by atoms with Gasteiger partial charge in [0.2, 0.25) is 12.7 Å². The van der Waals surface area contributed by atoms with Crippen LogP contribution in [0.15, 0.2) is 23.4 Å².